The topological polar surface area (TPSA) is 123 Å². The standard InChI is InChI=1S/C16H16N6O3S/c23-12(3-8-22-9-4-13(24)21-16(22)25)17-7-2-11-10-26-15(20-11)14-18-5-1-6-19-14/h1,4-6,9-10H,2-3,7-8H2,(H,17,23)(H,21,24,25). The van der Waals surface area contributed by atoms with E-state index in [-0.39, 0.29) is 18.9 Å². The Bertz CT molecular complexity index is 995. The molecule has 0 aliphatic rings. The van der Waals surface area contributed by atoms with Crippen molar-refractivity contribution in [2.24, 2.45) is 0 Å². The average Bonchev–Trinajstić information content (AvgIpc) is 3.11. The van der Waals surface area contributed by atoms with Gasteiger partial charge in [0.15, 0.2) is 10.8 Å². The Labute approximate surface area is 151 Å². The summed E-state index contributed by atoms with van der Waals surface area (Å²) < 4.78 is 1.29. The highest BCUT2D eigenvalue weighted by molar-refractivity contribution is 7.13. The van der Waals surface area contributed by atoms with E-state index in [1.807, 2.05) is 5.38 Å². The molecule has 0 atom stereocenters. The molecular weight excluding hydrogens is 356 g/mol. The number of amides is 1. The van der Waals surface area contributed by atoms with Crippen LogP contribution in [0.4, 0.5) is 0 Å². The number of hydrogen-bond donors (Lipinski definition) is 2. The summed E-state index contributed by atoms with van der Waals surface area (Å²) in [6.07, 6.45) is 5.44. The van der Waals surface area contributed by atoms with Crippen LogP contribution in [0.1, 0.15) is 12.1 Å². The van der Waals surface area contributed by atoms with Crippen molar-refractivity contribution in [2.45, 2.75) is 19.4 Å². The summed E-state index contributed by atoms with van der Waals surface area (Å²) in [4.78, 5) is 49.3. The molecule has 3 rings (SSSR count). The van der Waals surface area contributed by atoms with E-state index in [4.69, 9.17) is 0 Å². The Balaban J connectivity index is 1.45. The zero-order valence-corrected chi connectivity index (χ0v) is 14.5. The molecular formula is C16H16N6O3S. The number of aromatic nitrogens is 5. The Hall–Kier alpha value is -3.14. The first-order chi connectivity index (χ1) is 12.6. The second-order valence-corrected chi connectivity index (χ2v) is 6.23. The predicted molar refractivity (Wildman–Crippen MR) is 95.8 cm³/mol. The minimum absolute atomic E-state index is 0.145. The van der Waals surface area contributed by atoms with Gasteiger partial charge in [-0.05, 0) is 6.07 Å². The second-order valence-electron chi connectivity index (χ2n) is 5.37. The fourth-order valence-corrected chi connectivity index (χ4v) is 2.99. The highest BCUT2D eigenvalue weighted by atomic mass is 32.1. The normalized spacial score (nSPS) is 10.6. The van der Waals surface area contributed by atoms with Crippen molar-refractivity contribution in [1.82, 2.24) is 29.8 Å². The van der Waals surface area contributed by atoms with E-state index in [0.717, 1.165) is 10.7 Å². The molecule has 3 aromatic heterocycles. The SMILES string of the molecule is O=C(CCn1ccc(=O)[nH]c1=O)NCCc1csc(-c2ncccn2)n1. The minimum atomic E-state index is -0.525. The van der Waals surface area contributed by atoms with Crippen molar-refractivity contribution < 1.29 is 4.79 Å². The third-order valence-electron chi connectivity index (χ3n) is 3.49. The van der Waals surface area contributed by atoms with E-state index in [0.29, 0.717) is 18.8 Å². The molecule has 3 heterocycles. The molecule has 1 amide bonds. The summed E-state index contributed by atoms with van der Waals surface area (Å²) in [5, 5.41) is 5.44. The number of thiazole rings is 1. The largest absolute Gasteiger partial charge is 0.356 e. The Morgan fingerprint density at radius 3 is 2.85 bits per heavy atom. The number of carbonyl (C=O) groups is 1. The van der Waals surface area contributed by atoms with Crippen molar-refractivity contribution in [1.29, 1.82) is 0 Å². The first kappa shape index (κ1) is 17.7. The highest BCUT2D eigenvalue weighted by Gasteiger charge is 2.08. The number of nitrogens with one attached hydrogen (secondary N) is 2. The van der Waals surface area contributed by atoms with E-state index in [2.05, 4.69) is 25.3 Å². The molecule has 0 aliphatic heterocycles. The number of nitrogens with zero attached hydrogens (tertiary/aromatic N) is 4. The Morgan fingerprint density at radius 1 is 1.27 bits per heavy atom. The fraction of sp³-hybridized carbons (Fsp3) is 0.250. The third kappa shape index (κ3) is 4.70. The van der Waals surface area contributed by atoms with Crippen molar-refractivity contribution in [3.8, 4) is 10.8 Å². The number of hydrogen-bond acceptors (Lipinski definition) is 7. The quantitative estimate of drug-likeness (QED) is 0.611. The first-order valence-corrected chi connectivity index (χ1v) is 8.78. The van der Waals surface area contributed by atoms with E-state index in [1.165, 1.54) is 28.2 Å². The molecule has 2 N–H and O–H groups in total. The molecule has 0 fully saturated rings. The molecule has 0 radical (unpaired) electrons. The van der Waals surface area contributed by atoms with Gasteiger partial charge in [0.1, 0.15) is 0 Å². The minimum Gasteiger partial charge on any atom is -0.356 e. The summed E-state index contributed by atoms with van der Waals surface area (Å²) in [6.45, 7) is 0.645. The monoisotopic (exact) mass is 372 g/mol. The van der Waals surface area contributed by atoms with Crippen LogP contribution in [-0.4, -0.2) is 37.0 Å². The molecule has 0 aromatic carbocycles. The molecule has 26 heavy (non-hydrogen) atoms. The van der Waals surface area contributed by atoms with Gasteiger partial charge >= 0.3 is 5.69 Å². The van der Waals surface area contributed by atoms with Crippen LogP contribution < -0.4 is 16.6 Å². The zero-order chi connectivity index (χ0) is 18.4. The maximum Gasteiger partial charge on any atom is 0.328 e. The highest BCUT2D eigenvalue weighted by Crippen LogP contribution is 2.19. The van der Waals surface area contributed by atoms with Crippen LogP contribution in [0.2, 0.25) is 0 Å². The molecule has 3 aromatic rings. The number of H-pyrrole nitrogens is 1. The smallest absolute Gasteiger partial charge is 0.328 e. The summed E-state index contributed by atoms with van der Waals surface area (Å²) >= 11 is 1.46. The van der Waals surface area contributed by atoms with Gasteiger partial charge in [0.25, 0.3) is 5.56 Å². The fourth-order valence-electron chi connectivity index (χ4n) is 2.19. The van der Waals surface area contributed by atoms with Gasteiger partial charge < -0.3 is 9.88 Å². The first-order valence-electron chi connectivity index (χ1n) is 7.90. The van der Waals surface area contributed by atoms with Crippen LogP contribution in [0.3, 0.4) is 0 Å². The number of aryl methyl sites for hydroxylation is 1. The summed E-state index contributed by atoms with van der Waals surface area (Å²) in [5.41, 5.74) is -0.128. The number of carbonyl (C=O) groups excluding carboxylic acids is 1. The maximum atomic E-state index is 11.9. The lowest BCUT2D eigenvalue weighted by Gasteiger charge is -2.05. The van der Waals surface area contributed by atoms with Gasteiger partial charge in [-0.15, -0.1) is 11.3 Å². The van der Waals surface area contributed by atoms with Gasteiger partial charge in [-0.1, -0.05) is 0 Å². The van der Waals surface area contributed by atoms with Gasteiger partial charge in [-0.25, -0.2) is 19.7 Å². The van der Waals surface area contributed by atoms with Crippen LogP contribution in [0.5, 0.6) is 0 Å². The van der Waals surface area contributed by atoms with Gasteiger partial charge in [0.05, 0.1) is 5.69 Å². The predicted octanol–water partition coefficient (Wildman–Crippen LogP) is 0.199. The summed E-state index contributed by atoms with van der Waals surface area (Å²) in [6, 6.07) is 2.99. The molecule has 0 aliphatic carbocycles. The van der Waals surface area contributed by atoms with E-state index in [9.17, 15) is 14.4 Å². The summed E-state index contributed by atoms with van der Waals surface area (Å²) in [5.74, 6) is 0.407. The van der Waals surface area contributed by atoms with E-state index < -0.39 is 11.2 Å². The Morgan fingerprint density at radius 2 is 2.08 bits per heavy atom. The van der Waals surface area contributed by atoms with E-state index >= 15 is 0 Å². The lowest BCUT2D eigenvalue weighted by molar-refractivity contribution is -0.121. The third-order valence-corrected chi connectivity index (χ3v) is 4.38. The molecule has 9 nitrogen and oxygen atoms in total. The lowest BCUT2D eigenvalue weighted by atomic mass is 10.3. The molecule has 0 saturated heterocycles. The molecule has 0 bridgehead atoms. The van der Waals surface area contributed by atoms with Crippen molar-refractivity contribution in [3.05, 3.63) is 62.6 Å². The van der Waals surface area contributed by atoms with Gasteiger partial charge in [0.2, 0.25) is 5.91 Å². The van der Waals surface area contributed by atoms with Crippen molar-refractivity contribution in [2.75, 3.05) is 6.54 Å². The summed E-state index contributed by atoms with van der Waals surface area (Å²) in [7, 11) is 0. The van der Waals surface area contributed by atoms with E-state index in [1.54, 1.807) is 18.5 Å². The zero-order valence-electron chi connectivity index (χ0n) is 13.7. The maximum absolute atomic E-state index is 11.9. The molecule has 0 saturated carbocycles. The van der Waals surface area contributed by atoms with Crippen LogP contribution in [0.25, 0.3) is 10.8 Å². The van der Waals surface area contributed by atoms with Crippen LogP contribution in [0.15, 0.2) is 45.7 Å². The molecule has 0 spiro atoms. The number of rotatable bonds is 7. The van der Waals surface area contributed by atoms with Gasteiger partial charge in [-0.2, -0.15) is 0 Å². The van der Waals surface area contributed by atoms with Crippen molar-refractivity contribution >= 4 is 17.2 Å². The van der Waals surface area contributed by atoms with Crippen LogP contribution in [0, 0.1) is 0 Å². The molecule has 0 unspecified atom stereocenters. The average molecular weight is 372 g/mol. The second kappa shape index (κ2) is 8.30. The van der Waals surface area contributed by atoms with Crippen molar-refractivity contribution in [3.63, 3.8) is 0 Å². The lowest BCUT2D eigenvalue weighted by Crippen LogP contribution is -2.31. The molecule has 134 valence electrons. The Kier molecular flexibility index (Phi) is 5.64. The van der Waals surface area contributed by atoms with Gasteiger partial charge in [-0.3, -0.25) is 14.6 Å². The van der Waals surface area contributed by atoms with Gasteiger partial charge in [0, 0.05) is 56.0 Å². The molecule has 10 heteroatoms. The van der Waals surface area contributed by atoms with Crippen LogP contribution in [-0.2, 0) is 17.8 Å². The number of aromatic amines is 1. The van der Waals surface area contributed by atoms with Crippen LogP contribution >= 0.6 is 11.3 Å².